The summed E-state index contributed by atoms with van der Waals surface area (Å²) in [5.74, 6) is 0.162. The van der Waals surface area contributed by atoms with Crippen LogP contribution in [-0.2, 0) is 4.79 Å². The molecule has 2 heterocycles. The molecular formula is C11H8ClN5O. The van der Waals surface area contributed by atoms with Gasteiger partial charge in [-0.1, -0.05) is 6.07 Å². The van der Waals surface area contributed by atoms with Gasteiger partial charge in [0.25, 0.3) is 0 Å². The molecule has 0 aromatic carbocycles. The number of nitrogens with one attached hydrogen (secondary N) is 1. The summed E-state index contributed by atoms with van der Waals surface area (Å²) < 4.78 is 1.38. The second kappa shape index (κ2) is 5.29. The zero-order valence-corrected chi connectivity index (χ0v) is 9.92. The molecule has 18 heavy (non-hydrogen) atoms. The van der Waals surface area contributed by atoms with Gasteiger partial charge in [-0.05, 0) is 12.1 Å². The Morgan fingerprint density at radius 3 is 3.00 bits per heavy atom. The molecule has 7 heteroatoms. The van der Waals surface area contributed by atoms with Crippen molar-refractivity contribution < 1.29 is 4.79 Å². The minimum Gasteiger partial charge on any atom is -0.308 e. The number of carbonyl (C=O) groups excluding carboxylic acids is 1. The third kappa shape index (κ3) is 2.31. The first kappa shape index (κ1) is 12.1. The fourth-order valence-corrected chi connectivity index (χ4v) is 1.44. The van der Waals surface area contributed by atoms with Gasteiger partial charge >= 0.3 is 0 Å². The van der Waals surface area contributed by atoms with Crippen molar-refractivity contribution in [1.29, 1.82) is 5.26 Å². The summed E-state index contributed by atoms with van der Waals surface area (Å²) in [5.41, 5.74) is 0.249. The van der Waals surface area contributed by atoms with Crippen molar-refractivity contribution in [1.82, 2.24) is 14.8 Å². The SMILES string of the molecule is N#Cc1cnn(-c2ccccn2)c1NC(=O)CCl. The molecule has 0 unspecified atom stereocenters. The topological polar surface area (TPSA) is 83.6 Å². The van der Waals surface area contributed by atoms with Crippen LogP contribution in [0.4, 0.5) is 5.82 Å². The molecule has 2 aromatic heterocycles. The smallest absolute Gasteiger partial charge is 0.240 e. The Balaban J connectivity index is 2.46. The van der Waals surface area contributed by atoms with Crippen molar-refractivity contribution in [2.24, 2.45) is 0 Å². The van der Waals surface area contributed by atoms with E-state index in [1.807, 2.05) is 6.07 Å². The summed E-state index contributed by atoms with van der Waals surface area (Å²) in [7, 11) is 0. The molecule has 0 fully saturated rings. The lowest BCUT2D eigenvalue weighted by Gasteiger charge is -2.07. The minimum atomic E-state index is -0.411. The number of halogens is 1. The second-order valence-electron chi connectivity index (χ2n) is 3.30. The van der Waals surface area contributed by atoms with E-state index in [0.29, 0.717) is 5.82 Å². The van der Waals surface area contributed by atoms with Gasteiger partial charge in [-0.3, -0.25) is 4.79 Å². The normalized spacial score (nSPS) is 9.78. The lowest BCUT2D eigenvalue weighted by atomic mass is 10.3. The summed E-state index contributed by atoms with van der Waals surface area (Å²) in [5, 5.41) is 15.5. The standard InChI is InChI=1S/C11H8ClN5O/c12-5-10(18)16-11-8(6-13)7-15-17(11)9-3-1-2-4-14-9/h1-4,7H,5H2,(H,16,18). The van der Waals surface area contributed by atoms with E-state index in [4.69, 9.17) is 16.9 Å². The van der Waals surface area contributed by atoms with Crippen LogP contribution in [0.1, 0.15) is 5.56 Å². The molecule has 1 N–H and O–H groups in total. The number of nitrogens with zero attached hydrogens (tertiary/aromatic N) is 4. The van der Waals surface area contributed by atoms with Crippen LogP contribution in [-0.4, -0.2) is 26.6 Å². The highest BCUT2D eigenvalue weighted by atomic mass is 35.5. The molecule has 0 aliphatic rings. The van der Waals surface area contributed by atoms with Crippen molar-refractivity contribution in [3.05, 3.63) is 36.2 Å². The zero-order chi connectivity index (χ0) is 13.0. The average Bonchev–Trinajstić information content (AvgIpc) is 2.82. The molecular weight excluding hydrogens is 254 g/mol. The van der Waals surface area contributed by atoms with Crippen LogP contribution in [0.2, 0.25) is 0 Å². The highest BCUT2D eigenvalue weighted by molar-refractivity contribution is 6.29. The summed E-state index contributed by atoms with van der Waals surface area (Å²) in [6.45, 7) is 0. The van der Waals surface area contributed by atoms with Crippen LogP contribution in [0.3, 0.4) is 0 Å². The first-order chi connectivity index (χ1) is 8.76. The van der Waals surface area contributed by atoms with Gasteiger partial charge in [-0.2, -0.15) is 15.0 Å². The number of nitriles is 1. The van der Waals surface area contributed by atoms with Crippen LogP contribution in [0.15, 0.2) is 30.6 Å². The fourth-order valence-electron chi connectivity index (χ4n) is 1.37. The maximum Gasteiger partial charge on any atom is 0.240 e. The molecule has 0 aliphatic carbocycles. The third-order valence-corrected chi connectivity index (χ3v) is 2.38. The van der Waals surface area contributed by atoms with Crippen LogP contribution < -0.4 is 5.32 Å². The number of aromatic nitrogens is 3. The Hall–Kier alpha value is -2.39. The Labute approximate surface area is 108 Å². The minimum absolute atomic E-state index is 0.196. The van der Waals surface area contributed by atoms with E-state index in [1.165, 1.54) is 10.9 Å². The average molecular weight is 262 g/mol. The number of hydrogen-bond acceptors (Lipinski definition) is 4. The fraction of sp³-hybridized carbons (Fsp3) is 0.0909. The van der Waals surface area contributed by atoms with Crippen molar-refractivity contribution >= 4 is 23.3 Å². The number of carbonyl (C=O) groups is 1. The van der Waals surface area contributed by atoms with Crippen LogP contribution in [0.5, 0.6) is 0 Å². The van der Waals surface area contributed by atoms with E-state index < -0.39 is 5.91 Å². The molecule has 0 aliphatic heterocycles. The van der Waals surface area contributed by atoms with Crippen molar-refractivity contribution in [3.8, 4) is 11.9 Å². The van der Waals surface area contributed by atoms with Gasteiger partial charge in [0, 0.05) is 6.20 Å². The first-order valence-electron chi connectivity index (χ1n) is 5.01. The van der Waals surface area contributed by atoms with Gasteiger partial charge in [0.05, 0.1) is 6.20 Å². The van der Waals surface area contributed by atoms with E-state index in [0.717, 1.165) is 0 Å². The molecule has 0 radical (unpaired) electrons. The largest absolute Gasteiger partial charge is 0.308 e. The maximum atomic E-state index is 11.3. The van der Waals surface area contributed by atoms with Crippen LogP contribution in [0.25, 0.3) is 5.82 Å². The van der Waals surface area contributed by atoms with Gasteiger partial charge in [0.1, 0.15) is 17.5 Å². The van der Waals surface area contributed by atoms with Gasteiger partial charge < -0.3 is 5.32 Å². The Morgan fingerprint density at radius 1 is 1.56 bits per heavy atom. The highest BCUT2D eigenvalue weighted by Crippen LogP contribution is 2.18. The molecule has 0 spiro atoms. The summed E-state index contributed by atoms with van der Waals surface area (Å²) in [6, 6.07) is 7.20. The number of rotatable bonds is 3. The van der Waals surface area contributed by atoms with E-state index in [2.05, 4.69) is 15.4 Å². The summed E-state index contributed by atoms with van der Waals surface area (Å²) in [6.07, 6.45) is 2.95. The monoisotopic (exact) mass is 261 g/mol. The molecule has 6 nitrogen and oxygen atoms in total. The molecule has 0 saturated heterocycles. The van der Waals surface area contributed by atoms with Crippen molar-refractivity contribution in [2.75, 3.05) is 11.2 Å². The highest BCUT2D eigenvalue weighted by Gasteiger charge is 2.14. The number of alkyl halides is 1. The third-order valence-electron chi connectivity index (χ3n) is 2.14. The summed E-state index contributed by atoms with van der Waals surface area (Å²) in [4.78, 5) is 15.4. The first-order valence-corrected chi connectivity index (χ1v) is 5.55. The maximum absolute atomic E-state index is 11.3. The van der Waals surface area contributed by atoms with Crippen LogP contribution >= 0.6 is 11.6 Å². The Bertz CT molecular complexity index is 602. The van der Waals surface area contributed by atoms with E-state index in [9.17, 15) is 4.79 Å². The lowest BCUT2D eigenvalue weighted by Crippen LogP contribution is -2.17. The Kier molecular flexibility index (Phi) is 3.55. The molecule has 90 valence electrons. The number of anilines is 1. The molecule has 2 rings (SSSR count). The molecule has 0 saturated carbocycles. The molecule has 2 aromatic rings. The predicted octanol–water partition coefficient (Wildman–Crippen LogP) is 1.32. The number of pyridine rings is 1. The van der Waals surface area contributed by atoms with E-state index >= 15 is 0 Å². The Morgan fingerprint density at radius 2 is 2.39 bits per heavy atom. The number of hydrogen-bond donors (Lipinski definition) is 1. The van der Waals surface area contributed by atoms with Gasteiger partial charge in [0.2, 0.25) is 5.91 Å². The molecule has 1 amide bonds. The molecule has 0 bridgehead atoms. The van der Waals surface area contributed by atoms with Gasteiger partial charge in [-0.25, -0.2) is 4.98 Å². The second-order valence-corrected chi connectivity index (χ2v) is 3.57. The van der Waals surface area contributed by atoms with Crippen molar-refractivity contribution in [2.45, 2.75) is 0 Å². The quantitative estimate of drug-likeness (QED) is 0.845. The van der Waals surface area contributed by atoms with Crippen LogP contribution in [0, 0.1) is 11.3 Å². The van der Waals surface area contributed by atoms with Gasteiger partial charge in [-0.15, -0.1) is 11.6 Å². The lowest BCUT2D eigenvalue weighted by molar-refractivity contribution is -0.114. The van der Waals surface area contributed by atoms with Gasteiger partial charge in [0.15, 0.2) is 11.6 Å². The summed E-state index contributed by atoms with van der Waals surface area (Å²) >= 11 is 5.42. The van der Waals surface area contributed by atoms with E-state index in [-0.39, 0.29) is 17.3 Å². The zero-order valence-electron chi connectivity index (χ0n) is 9.17. The molecule has 0 atom stereocenters. The van der Waals surface area contributed by atoms with E-state index in [1.54, 1.807) is 24.4 Å². The number of amides is 1. The predicted molar refractivity (Wildman–Crippen MR) is 65.4 cm³/mol. The van der Waals surface area contributed by atoms with Crippen molar-refractivity contribution in [3.63, 3.8) is 0 Å².